The van der Waals surface area contributed by atoms with Gasteiger partial charge in [-0.25, -0.2) is 0 Å². The fourth-order valence-corrected chi connectivity index (χ4v) is 3.89. The maximum Gasteiger partial charge on any atom is 0.255 e. The van der Waals surface area contributed by atoms with Gasteiger partial charge in [0.25, 0.3) is 5.91 Å². The molecule has 2 atom stereocenters. The summed E-state index contributed by atoms with van der Waals surface area (Å²) in [6, 6.07) is 14.4. The molecule has 2 aromatic rings. The fourth-order valence-electron chi connectivity index (χ4n) is 3.76. The summed E-state index contributed by atoms with van der Waals surface area (Å²) in [4.78, 5) is 27.4. The molecule has 5 heteroatoms. The molecule has 142 valence electrons. The van der Waals surface area contributed by atoms with Crippen molar-refractivity contribution in [3.05, 3.63) is 64.7 Å². The number of rotatable bonds is 4. The number of anilines is 1. The summed E-state index contributed by atoms with van der Waals surface area (Å²) in [6.45, 7) is 5.87. The summed E-state index contributed by atoms with van der Waals surface area (Å²) in [5.41, 5.74) is 1.98. The highest BCUT2D eigenvalue weighted by Crippen LogP contribution is 2.25. The van der Waals surface area contributed by atoms with Crippen LogP contribution in [0.15, 0.2) is 48.5 Å². The number of nitrogens with zero attached hydrogens (tertiary/aromatic N) is 1. The van der Waals surface area contributed by atoms with Gasteiger partial charge >= 0.3 is 0 Å². The zero-order valence-corrected chi connectivity index (χ0v) is 16.5. The van der Waals surface area contributed by atoms with Crippen molar-refractivity contribution in [2.75, 3.05) is 18.4 Å². The lowest BCUT2D eigenvalue weighted by molar-refractivity contribution is -0.115. The molecule has 0 saturated carbocycles. The van der Waals surface area contributed by atoms with Crippen LogP contribution in [0.4, 0.5) is 5.69 Å². The van der Waals surface area contributed by atoms with Gasteiger partial charge in [0, 0.05) is 18.1 Å². The van der Waals surface area contributed by atoms with Gasteiger partial charge in [-0.1, -0.05) is 49.7 Å². The van der Waals surface area contributed by atoms with Gasteiger partial charge in [-0.05, 0) is 48.1 Å². The largest absolute Gasteiger partial charge is 0.338 e. The van der Waals surface area contributed by atoms with Gasteiger partial charge in [0.05, 0.1) is 17.7 Å². The average Bonchev–Trinajstić information content (AvgIpc) is 2.63. The Labute approximate surface area is 165 Å². The van der Waals surface area contributed by atoms with E-state index in [9.17, 15) is 9.59 Å². The van der Waals surface area contributed by atoms with E-state index in [0.29, 0.717) is 28.1 Å². The minimum Gasteiger partial charge on any atom is -0.338 e. The molecule has 0 radical (unpaired) electrons. The van der Waals surface area contributed by atoms with Crippen molar-refractivity contribution >= 4 is 29.1 Å². The van der Waals surface area contributed by atoms with Crippen LogP contribution >= 0.6 is 11.6 Å². The van der Waals surface area contributed by atoms with Crippen LogP contribution in [0.5, 0.6) is 0 Å². The minimum atomic E-state index is -0.155. The monoisotopic (exact) mass is 384 g/mol. The van der Waals surface area contributed by atoms with E-state index in [0.717, 1.165) is 25.1 Å². The molecule has 1 aliphatic heterocycles. The zero-order valence-electron chi connectivity index (χ0n) is 15.7. The average molecular weight is 385 g/mol. The summed E-state index contributed by atoms with van der Waals surface area (Å²) >= 11 is 5.89. The van der Waals surface area contributed by atoms with E-state index in [2.05, 4.69) is 19.2 Å². The first-order valence-electron chi connectivity index (χ1n) is 9.35. The molecular weight excluding hydrogens is 360 g/mol. The second-order valence-electron chi connectivity index (χ2n) is 7.55. The van der Waals surface area contributed by atoms with E-state index in [1.807, 2.05) is 29.2 Å². The SMILES string of the molecule is CC1CC(C)CN(C(=O)c2ccccc2NC(=O)Cc2ccc(Cl)cc2)C1. The Morgan fingerprint density at radius 3 is 2.33 bits per heavy atom. The van der Waals surface area contributed by atoms with Crippen LogP contribution in [0.3, 0.4) is 0 Å². The van der Waals surface area contributed by atoms with Crippen LogP contribution in [0, 0.1) is 11.8 Å². The number of nitrogens with one attached hydrogen (secondary N) is 1. The van der Waals surface area contributed by atoms with Gasteiger partial charge < -0.3 is 10.2 Å². The Morgan fingerprint density at radius 1 is 1.04 bits per heavy atom. The van der Waals surface area contributed by atoms with Crippen molar-refractivity contribution in [2.24, 2.45) is 11.8 Å². The van der Waals surface area contributed by atoms with Gasteiger partial charge in [0.1, 0.15) is 0 Å². The maximum absolute atomic E-state index is 13.0. The molecule has 2 amide bonds. The Hall–Kier alpha value is -2.33. The van der Waals surface area contributed by atoms with Gasteiger partial charge in [-0.3, -0.25) is 9.59 Å². The topological polar surface area (TPSA) is 49.4 Å². The molecule has 3 rings (SSSR count). The first-order valence-corrected chi connectivity index (χ1v) is 9.72. The number of halogens is 1. The molecule has 1 aliphatic rings. The van der Waals surface area contributed by atoms with Crippen LogP contribution < -0.4 is 5.32 Å². The molecule has 1 N–H and O–H groups in total. The van der Waals surface area contributed by atoms with E-state index < -0.39 is 0 Å². The number of piperidine rings is 1. The lowest BCUT2D eigenvalue weighted by atomic mass is 9.91. The number of hydrogen-bond acceptors (Lipinski definition) is 2. The Bertz CT molecular complexity index is 809. The molecule has 1 saturated heterocycles. The number of likely N-dealkylation sites (tertiary alicyclic amines) is 1. The van der Waals surface area contributed by atoms with E-state index in [1.54, 1.807) is 24.3 Å². The molecule has 1 fully saturated rings. The van der Waals surface area contributed by atoms with Crippen molar-refractivity contribution in [1.82, 2.24) is 4.90 Å². The smallest absolute Gasteiger partial charge is 0.255 e. The highest BCUT2D eigenvalue weighted by molar-refractivity contribution is 6.30. The molecule has 0 aromatic heterocycles. The molecule has 0 bridgehead atoms. The molecule has 0 aliphatic carbocycles. The van der Waals surface area contributed by atoms with Crippen molar-refractivity contribution in [3.63, 3.8) is 0 Å². The molecule has 27 heavy (non-hydrogen) atoms. The second-order valence-corrected chi connectivity index (χ2v) is 7.99. The summed E-state index contributed by atoms with van der Waals surface area (Å²) in [5, 5.41) is 3.54. The quantitative estimate of drug-likeness (QED) is 0.834. The number of hydrogen-bond donors (Lipinski definition) is 1. The summed E-state index contributed by atoms with van der Waals surface area (Å²) in [7, 11) is 0. The third-order valence-corrected chi connectivity index (χ3v) is 5.12. The van der Waals surface area contributed by atoms with Gasteiger partial charge in [-0.2, -0.15) is 0 Å². The molecular formula is C22H25ClN2O2. The predicted octanol–water partition coefficient (Wildman–Crippen LogP) is 4.64. The Kier molecular flexibility index (Phi) is 6.17. The van der Waals surface area contributed by atoms with Gasteiger partial charge in [-0.15, -0.1) is 0 Å². The first kappa shape index (κ1) is 19.4. The second kappa shape index (κ2) is 8.57. The summed E-state index contributed by atoms with van der Waals surface area (Å²) in [6.07, 6.45) is 1.38. The Morgan fingerprint density at radius 2 is 1.67 bits per heavy atom. The minimum absolute atomic E-state index is 0.0178. The van der Waals surface area contributed by atoms with E-state index in [1.165, 1.54) is 0 Å². The highest BCUT2D eigenvalue weighted by atomic mass is 35.5. The number of para-hydroxylation sites is 1. The van der Waals surface area contributed by atoms with E-state index in [4.69, 9.17) is 11.6 Å². The maximum atomic E-state index is 13.0. The fraction of sp³-hybridized carbons (Fsp3) is 0.364. The Balaban J connectivity index is 1.72. The molecule has 4 nitrogen and oxygen atoms in total. The predicted molar refractivity (Wildman–Crippen MR) is 109 cm³/mol. The van der Waals surface area contributed by atoms with Crippen molar-refractivity contribution < 1.29 is 9.59 Å². The van der Waals surface area contributed by atoms with Gasteiger partial charge in [0.15, 0.2) is 0 Å². The number of benzene rings is 2. The van der Waals surface area contributed by atoms with Crippen molar-refractivity contribution in [2.45, 2.75) is 26.7 Å². The molecule has 2 aromatic carbocycles. The van der Waals surface area contributed by atoms with E-state index >= 15 is 0 Å². The van der Waals surface area contributed by atoms with Crippen LogP contribution in [-0.4, -0.2) is 29.8 Å². The van der Waals surface area contributed by atoms with Crippen LogP contribution in [0.2, 0.25) is 5.02 Å². The molecule has 1 heterocycles. The zero-order chi connectivity index (χ0) is 19.4. The number of amides is 2. The third kappa shape index (κ3) is 5.10. The van der Waals surface area contributed by atoms with Gasteiger partial charge in [0.2, 0.25) is 5.91 Å². The molecule has 2 unspecified atom stereocenters. The first-order chi connectivity index (χ1) is 12.9. The van der Waals surface area contributed by atoms with Crippen molar-refractivity contribution in [1.29, 1.82) is 0 Å². The van der Waals surface area contributed by atoms with Crippen molar-refractivity contribution in [3.8, 4) is 0 Å². The molecule has 0 spiro atoms. The van der Waals surface area contributed by atoms with Crippen LogP contribution in [0.25, 0.3) is 0 Å². The summed E-state index contributed by atoms with van der Waals surface area (Å²) < 4.78 is 0. The standard InChI is InChI=1S/C22H25ClN2O2/c1-15-11-16(2)14-25(13-15)22(27)19-5-3-4-6-20(19)24-21(26)12-17-7-9-18(23)10-8-17/h3-10,15-16H,11-14H2,1-2H3,(H,24,26). The van der Waals surface area contributed by atoms with Crippen LogP contribution in [0.1, 0.15) is 36.2 Å². The summed E-state index contributed by atoms with van der Waals surface area (Å²) in [5.74, 6) is 0.808. The van der Waals surface area contributed by atoms with Crippen LogP contribution in [-0.2, 0) is 11.2 Å². The lowest BCUT2D eigenvalue weighted by Gasteiger charge is -2.35. The highest BCUT2D eigenvalue weighted by Gasteiger charge is 2.27. The normalized spacial score (nSPS) is 19.6. The number of carbonyl (C=O) groups excluding carboxylic acids is 2. The lowest BCUT2D eigenvalue weighted by Crippen LogP contribution is -2.42. The third-order valence-electron chi connectivity index (χ3n) is 4.87. The number of carbonyl (C=O) groups is 2. The van der Waals surface area contributed by atoms with E-state index in [-0.39, 0.29) is 18.2 Å².